The van der Waals surface area contributed by atoms with Gasteiger partial charge in [0.2, 0.25) is 5.78 Å². The number of hydrogen-bond acceptors (Lipinski definition) is 2. The molecule has 21 heavy (non-hydrogen) atoms. The molecule has 2 heteroatoms. The van der Waals surface area contributed by atoms with Crippen LogP contribution in [0.5, 0.6) is 5.75 Å². The first-order valence-corrected chi connectivity index (χ1v) is 7.25. The molecule has 0 radical (unpaired) electrons. The van der Waals surface area contributed by atoms with E-state index in [9.17, 15) is 4.79 Å². The molecule has 0 saturated heterocycles. The highest BCUT2D eigenvalue weighted by molar-refractivity contribution is 5.99. The minimum Gasteiger partial charge on any atom is -0.482 e. The van der Waals surface area contributed by atoms with E-state index in [1.807, 2.05) is 48.5 Å². The van der Waals surface area contributed by atoms with Crippen LogP contribution < -0.4 is 4.74 Å². The predicted molar refractivity (Wildman–Crippen MR) is 86.0 cm³/mol. The molecule has 2 aromatic rings. The summed E-state index contributed by atoms with van der Waals surface area (Å²) < 4.78 is 5.94. The van der Waals surface area contributed by atoms with Crippen molar-refractivity contribution >= 4 is 5.78 Å². The number of rotatable bonds is 4. The number of benzene rings is 2. The number of ketones is 1. The molecule has 0 saturated carbocycles. The molecule has 2 rings (SSSR count). The number of ether oxygens (including phenoxy) is 1. The maximum atomic E-state index is 12.4. The van der Waals surface area contributed by atoms with Gasteiger partial charge in [0.15, 0.2) is 6.10 Å². The van der Waals surface area contributed by atoms with E-state index < -0.39 is 6.10 Å². The predicted octanol–water partition coefficient (Wildman–Crippen LogP) is 4.63. The van der Waals surface area contributed by atoms with Gasteiger partial charge >= 0.3 is 0 Å². The van der Waals surface area contributed by atoms with Gasteiger partial charge in [-0.25, -0.2) is 0 Å². The van der Waals surface area contributed by atoms with Crippen LogP contribution in [0, 0.1) is 0 Å². The maximum absolute atomic E-state index is 12.4. The summed E-state index contributed by atoms with van der Waals surface area (Å²) in [5, 5.41) is 0. The normalized spacial score (nSPS) is 12.8. The Hall–Kier alpha value is -2.09. The first-order chi connectivity index (χ1) is 9.89. The molecular weight excluding hydrogens is 260 g/mol. The summed E-state index contributed by atoms with van der Waals surface area (Å²) in [4.78, 5) is 12.4. The zero-order valence-corrected chi connectivity index (χ0v) is 13.1. The van der Waals surface area contributed by atoms with Gasteiger partial charge in [0.25, 0.3) is 0 Å². The van der Waals surface area contributed by atoms with Crippen molar-refractivity contribution in [2.24, 2.45) is 0 Å². The van der Waals surface area contributed by atoms with E-state index in [1.54, 1.807) is 6.92 Å². The van der Waals surface area contributed by atoms with Crippen molar-refractivity contribution in [3.63, 3.8) is 0 Å². The van der Waals surface area contributed by atoms with Crippen LogP contribution in [0.4, 0.5) is 0 Å². The quantitative estimate of drug-likeness (QED) is 0.764. The van der Waals surface area contributed by atoms with E-state index in [4.69, 9.17) is 4.74 Å². The molecule has 110 valence electrons. The number of carbonyl (C=O) groups excluding carboxylic acids is 1. The number of Topliss-reactive ketones (excluding diaryl/α,β-unsaturated/α-hetero) is 1. The van der Waals surface area contributed by atoms with Gasteiger partial charge in [-0.1, -0.05) is 69.3 Å². The Morgan fingerprint density at radius 3 is 2.14 bits per heavy atom. The Morgan fingerprint density at radius 1 is 0.952 bits per heavy atom. The summed E-state index contributed by atoms with van der Waals surface area (Å²) in [6.45, 7) is 8.21. The van der Waals surface area contributed by atoms with E-state index in [2.05, 4.69) is 26.8 Å². The minimum atomic E-state index is -0.504. The molecule has 2 nitrogen and oxygen atoms in total. The fraction of sp³-hybridized carbons (Fsp3) is 0.316. The van der Waals surface area contributed by atoms with Crippen molar-refractivity contribution in [1.82, 2.24) is 0 Å². The summed E-state index contributed by atoms with van der Waals surface area (Å²) >= 11 is 0. The second-order valence-corrected chi connectivity index (χ2v) is 6.24. The SMILES string of the molecule is C[C@@H](Oc1ccccc1C(C)(C)C)C(=O)c1ccccc1. The van der Waals surface area contributed by atoms with Crippen molar-refractivity contribution in [3.8, 4) is 5.75 Å². The van der Waals surface area contributed by atoms with E-state index in [0.717, 1.165) is 11.3 Å². The van der Waals surface area contributed by atoms with Crippen LogP contribution in [0.3, 0.4) is 0 Å². The molecule has 0 aliphatic heterocycles. The highest BCUT2D eigenvalue weighted by Gasteiger charge is 2.22. The van der Waals surface area contributed by atoms with Crippen LogP contribution >= 0.6 is 0 Å². The molecule has 0 unspecified atom stereocenters. The van der Waals surface area contributed by atoms with Crippen LogP contribution in [0.2, 0.25) is 0 Å². The first kappa shape index (κ1) is 15.3. The van der Waals surface area contributed by atoms with Crippen molar-refractivity contribution in [2.45, 2.75) is 39.2 Å². The second kappa shape index (κ2) is 6.13. The number of hydrogen-bond donors (Lipinski definition) is 0. The average molecular weight is 282 g/mol. The lowest BCUT2D eigenvalue weighted by Crippen LogP contribution is -2.25. The highest BCUT2D eigenvalue weighted by atomic mass is 16.5. The Kier molecular flexibility index (Phi) is 4.46. The first-order valence-electron chi connectivity index (χ1n) is 7.25. The third-order valence-corrected chi connectivity index (χ3v) is 3.43. The van der Waals surface area contributed by atoms with Crippen molar-refractivity contribution in [2.75, 3.05) is 0 Å². The Labute approximate surface area is 126 Å². The van der Waals surface area contributed by atoms with Gasteiger partial charge in [-0.05, 0) is 24.0 Å². The van der Waals surface area contributed by atoms with E-state index in [1.165, 1.54) is 0 Å². The van der Waals surface area contributed by atoms with Gasteiger partial charge in [-0.15, -0.1) is 0 Å². The molecule has 0 spiro atoms. The molecule has 0 heterocycles. The standard InChI is InChI=1S/C19H22O2/c1-14(18(20)15-10-6-5-7-11-15)21-17-13-9-8-12-16(17)19(2,3)4/h5-14H,1-4H3/t14-/m1/s1. The smallest absolute Gasteiger partial charge is 0.202 e. The Balaban J connectivity index is 2.21. The third kappa shape index (κ3) is 3.72. The molecule has 1 atom stereocenters. The lowest BCUT2D eigenvalue weighted by molar-refractivity contribution is 0.0815. The Morgan fingerprint density at radius 2 is 1.52 bits per heavy atom. The molecule has 0 aliphatic carbocycles. The summed E-state index contributed by atoms with van der Waals surface area (Å²) in [7, 11) is 0. The fourth-order valence-electron chi connectivity index (χ4n) is 2.27. The van der Waals surface area contributed by atoms with E-state index in [-0.39, 0.29) is 11.2 Å². The number of carbonyl (C=O) groups is 1. The van der Waals surface area contributed by atoms with Crippen LogP contribution in [0.15, 0.2) is 54.6 Å². The van der Waals surface area contributed by atoms with Gasteiger partial charge in [0.05, 0.1) is 0 Å². The molecular formula is C19H22O2. The molecule has 0 aromatic heterocycles. The maximum Gasteiger partial charge on any atom is 0.202 e. The van der Waals surface area contributed by atoms with Gasteiger partial charge in [0, 0.05) is 5.56 Å². The van der Waals surface area contributed by atoms with E-state index in [0.29, 0.717) is 5.56 Å². The zero-order valence-electron chi connectivity index (χ0n) is 13.1. The van der Waals surface area contributed by atoms with Crippen molar-refractivity contribution in [3.05, 3.63) is 65.7 Å². The average Bonchev–Trinajstić information content (AvgIpc) is 2.47. The van der Waals surface area contributed by atoms with Crippen LogP contribution in [-0.2, 0) is 5.41 Å². The summed E-state index contributed by atoms with van der Waals surface area (Å²) in [6, 6.07) is 17.2. The topological polar surface area (TPSA) is 26.3 Å². The molecule has 0 aliphatic rings. The monoisotopic (exact) mass is 282 g/mol. The van der Waals surface area contributed by atoms with Gasteiger partial charge in [-0.2, -0.15) is 0 Å². The molecule has 0 N–H and O–H groups in total. The summed E-state index contributed by atoms with van der Waals surface area (Å²) in [5.41, 5.74) is 1.77. The van der Waals surface area contributed by atoms with Crippen LogP contribution in [-0.4, -0.2) is 11.9 Å². The highest BCUT2D eigenvalue weighted by Crippen LogP contribution is 2.31. The molecule has 0 amide bonds. The van der Waals surface area contributed by atoms with Crippen molar-refractivity contribution < 1.29 is 9.53 Å². The van der Waals surface area contributed by atoms with Gasteiger partial charge in [-0.3, -0.25) is 4.79 Å². The fourth-order valence-corrected chi connectivity index (χ4v) is 2.27. The molecule has 0 fully saturated rings. The lowest BCUT2D eigenvalue weighted by Gasteiger charge is -2.24. The lowest BCUT2D eigenvalue weighted by atomic mass is 9.86. The van der Waals surface area contributed by atoms with Gasteiger partial charge < -0.3 is 4.74 Å². The van der Waals surface area contributed by atoms with Crippen LogP contribution in [0.1, 0.15) is 43.6 Å². The summed E-state index contributed by atoms with van der Waals surface area (Å²) in [5.74, 6) is 0.779. The van der Waals surface area contributed by atoms with Crippen LogP contribution in [0.25, 0.3) is 0 Å². The second-order valence-electron chi connectivity index (χ2n) is 6.24. The van der Waals surface area contributed by atoms with Crippen molar-refractivity contribution in [1.29, 1.82) is 0 Å². The Bertz CT molecular complexity index is 609. The summed E-state index contributed by atoms with van der Waals surface area (Å²) in [6.07, 6.45) is -0.504. The van der Waals surface area contributed by atoms with E-state index >= 15 is 0 Å². The minimum absolute atomic E-state index is 0.000637. The molecule has 2 aromatic carbocycles. The number of para-hydroxylation sites is 1. The molecule has 0 bridgehead atoms. The third-order valence-electron chi connectivity index (χ3n) is 3.43. The van der Waals surface area contributed by atoms with Gasteiger partial charge in [0.1, 0.15) is 5.75 Å². The largest absolute Gasteiger partial charge is 0.482 e. The zero-order chi connectivity index (χ0) is 15.5.